The standard InChI is InChI=1S/C42H48N14O4/c1-43-37-19-35(53-39-27(22-45-55(37)39)41(57)47-25-11-12-25)51-34-10-5-7-30(50-34)32-18-24(15-17-60-32)21-44-38-20-36(52-33-9-4-6-29(49-33)31-8-2-3-16-59-31)54-40-28(23-46-56(38)40)42(58)48-26-13-14-26/h4-7,9-10,19-20,22-26,31-32,43-44H,2-3,8,11-18,21H2,1H3,(H,47,57)(H,48,58)(H,49,52,54)(H,50,51,53). The van der Waals surface area contributed by atoms with Gasteiger partial charge < -0.3 is 41.4 Å². The van der Waals surface area contributed by atoms with Crippen LogP contribution in [0.25, 0.3) is 11.3 Å². The Morgan fingerprint density at radius 3 is 1.83 bits per heavy atom. The van der Waals surface area contributed by atoms with Crippen LogP contribution in [-0.4, -0.2) is 89.9 Å². The number of carbonyl (C=O) groups is 2. The molecule has 8 heterocycles. The minimum absolute atomic E-state index is 0.0278. The zero-order valence-corrected chi connectivity index (χ0v) is 33.4. The Morgan fingerprint density at radius 1 is 0.667 bits per heavy atom. The van der Waals surface area contributed by atoms with Crippen LogP contribution in [0.1, 0.15) is 102 Å². The van der Waals surface area contributed by atoms with Gasteiger partial charge in [0.15, 0.2) is 11.3 Å². The lowest BCUT2D eigenvalue weighted by atomic mass is 9.93. The highest BCUT2D eigenvalue weighted by atomic mass is 16.5. The molecule has 0 bridgehead atoms. The fraction of sp³-hybridized carbons (Fsp3) is 0.429. The molecular weight excluding hydrogens is 765 g/mol. The van der Waals surface area contributed by atoms with Crippen molar-refractivity contribution in [2.75, 3.05) is 48.1 Å². The molecule has 2 aliphatic heterocycles. The van der Waals surface area contributed by atoms with Gasteiger partial charge in [-0.1, -0.05) is 12.1 Å². The normalized spacial score (nSPS) is 20.4. The fourth-order valence-corrected chi connectivity index (χ4v) is 7.80. The van der Waals surface area contributed by atoms with Crippen molar-refractivity contribution >= 4 is 58.0 Å². The van der Waals surface area contributed by atoms with Crippen molar-refractivity contribution in [2.45, 2.75) is 82.1 Å². The van der Waals surface area contributed by atoms with Crippen molar-refractivity contribution in [3.8, 4) is 0 Å². The molecule has 6 aromatic heterocycles. The molecule has 4 aliphatic rings. The third-order valence-electron chi connectivity index (χ3n) is 11.4. The topological polar surface area (TPSA) is 211 Å². The number of nitrogens with one attached hydrogen (secondary N) is 6. The summed E-state index contributed by atoms with van der Waals surface area (Å²) in [6.07, 6.45) is 11.5. The van der Waals surface area contributed by atoms with E-state index in [9.17, 15) is 9.59 Å². The van der Waals surface area contributed by atoms with Crippen LogP contribution in [0, 0.1) is 5.92 Å². The quantitative estimate of drug-likeness (QED) is 0.0780. The molecule has 0 spiro atoms. The van der Waals surface area contributed by atoms with Crippen LogP contribution in [0.2, 0.25) is 0 Å². The molecule has 2 aliphatic carbocycles. The number of fused-ring (bicyclic) bond motifs is 2. The molecule has 2 saturated carbocycles. The summed E-state index contributed by atoms with van der Waals surface area (Å²) in [5.41, 5.74) is 3.42. The third kappa shape index (κ3) is 8.24. The fourth-order valence-electron chi connectivity index (χ4n) is 7.80. The second-order valence-electron chi connectivity index (χ2n) is 16.0. The Hall–Kier alpha value is -6.40. The van der Waals surface area contributed by atoms with Gasteiger partial charge in [0.05, 0.1) is 36.0 Å². The summed E-state index contributed by atoms with van der Waals surface area (Å²) in [4.78, 5) is 45.7. The number of anilines is 6. The van der Waals surface area contributed by atoms with E-state index >= 15 is 0 Å². The number of pyridine rings is 2. The van der Waals surface area contributed by atoms with Gasteiger partial charge in [0.25, 0.3) is 11.8 Å². The second-order valence-corrected chi connectivity index (χ2v) is 16.0. The lowest BCUT2D eigenvalue weighted by Gasteiger charge is -2.30. The van der Waals surface area contributed by atoms with E-state index in [4.69, 9.17) is 29.4 Å². The number of amides is 2. The van der Waals surface area contributed by atoms with Crippen LogP contribution >= 0.6 is 0 Å². The maximum atomic E-state index is 13.3. The Morgan fingerprint density at radius 2 is 1.25 bits per heavy atom. The number of hydrogen-bond donors (Lipinski definition) is 6. The summed E-state index contributed by atoms with van der Waals surface area (Å²) >= 11 is 0. The van der Waals surface area contributed by atoms with Crippen molar-refractivity contribution < 1.29 is 19.1 Å². The van der Waals surface area contributed by atoms with Gasteiger partial charge in [0.1, 0.15) is 46.0 Å². The van der Waals surface area contributed by atoms with Crippen molar-refractivity contribution in [3.05, 3.63) is 83.4 Å². The van der Waals surface area contributed by atoms with Gasteiger partial charge in [-0.15, -0.1) is 0 Å². The van der Waals surface area contributed by atoms with Gasteiger partial charge in [-0.05, 0) is 88.0 Å². The molecule has 2 saturated heterocycles. The SMILES string of the molecule is CNc1cc(Nc2cccc(C3CC(CNc4cc(Nc5cccc(C6CCCCO6)n5)nc5c(C(=O)NC6CC6)cnn45)CCO3)n2)nc2c(C(=O)NC3CC3)cnn12. The van der Waals surface area contributed by atoms with Crippen molar-refractivity contribution in [2.24, 2.45) is 5.92 Å². The first-order valence-corrected chi connectivity index (χ1v) is 21.0. The zero-order valence-electron chi connectivity index (χ0n) is 33.4. The second kappa shape index (κ2) is 16.3. The number of nitrogens with zero attached hydrogens (tertiary/aromatic N) is 8. The average molecular weight is 813 g/mol. The third-order valence-corrected chi connectivity index (χ3v) is 11.4. The van der Waals surface area contributed by atoms with E-state index in [1.165, 1.54) is 0 Å². The highest BCUT2D eigenvalue weighted by Gasteiger charge is 2.29. The first-order chi connectivity index (χ1) is 29.4. The zero-order chi connectivity index (χ0) is 40.6. The molecule has 0 aromatic carbocycles. The minimum Gasteiger partial charge on any atom is -0.373 e. The van der Waals surface area contributed by atoms with Crippen molar-refractivity contribution in [1.82, 2.24) is 49.8 Å². The number of hydrogen-bond acceptors (Lipinski definition) is 14. The smallest absolute Gasteiger partial charge is 0.256 e. The predicted molar refractivity (Wildman–Crippen MR) is 224 cm³/mol. The Labute approximate surface area is 345 Å². The monoisotopic (exact) mass is 812 g/mol. The molecule has 4 fully saturated rings. The van der Waals surface area contributed by atoms with E-state index in [1.54, 1.807) is 28.5 Å². The maximum Gasteiger partial charge on any atom is 0.256 e. The number of rotatable bonds is 14. The Balaban J connectivity index is 0.852. The lowest BCUT2D eigenvalue weighted by Crippen LogP contribution is -2.26. The van der Waals surface area contributed by atoms with E-state index < -0.39 is 0 Å². The molecule has 60 heavy (non-hydrogen) atoms. The summed E-state index contributed by atoms with van der Waals surface area (Å²) in [5.74, 6) is 3.56. The number of carbonyl (C=O) groups excluding carboxylic acids is 2. The van der Waals surface area contributed by atoms with Crippen LogP contribution in [0.15, 0.2) is 60.9 Å². The molecular formula is C42H48N14O4. The highest BCUT2D eigenvalue weighted by molar-refractivity contribution is 6.01. The molecule has 310 valence electrons. The van der Waals surface area contributed by atoms with E-state index in [1.807, 2.05) is 48.5 Å². The first kappa shape index (κ1) is 37.8. The van der Waals surface area contributed by atoms with Crippen LogP contribution < -0.4 is 31.9 Å². The number of aromatic nitrogens is 8. The molecule has 18 nitrogen and oxygen atoms in total. The molecule has 6 N–H and O–H groups in total. The predicted octanol–water partition coefficient (Wildman–Crippen LogP) is 5.70. The largest absolute Gasteiger partial charge is 0.373 e. The van der Waals surface area contributed by atoms with Crippen LogP contribution in [0.5, 0.6) is 0 Å². The summed E-state index contributed by atoms with van der Waals surface area (Å²) in [6.45, 7) is 1.94. The molecule has 0 radical (unpaired) electrons. The molecule has 10 rings (SSSR count). The van der Waals surface area contributed by atoms with Gasteiger partial charge in [0, 0.05) is 51.0 Å². The van der Waals surface area contributed by atoms with Crippen LogP contribution in [0.3, 0.4) is 0 Å². The maximum absolute atomic E-state index is 13.3. The van der Waals surface area contributed by atoms with Gasteiger partial charge in [-0.2, -0.15) is 19.2 Å². The van der Waals surface area contributed by atoms with Crippen molar-refractivity contribution in [3.63, 3.8) is 0 Å². The summed E-state index contributed by atoms with van der Waals surface area (Å²) in [6, 6.07) is 15.8. The van der Waals surface area contributed by atoms with Crippen LogP contribution in [0.4, 0.5) is 34.9 Å². The Kier molecular flexibility index (Phi) is 10.3. The summed E-state index contributed by atoms with van der Waals surface area (Å²) in [5, 5.41) is 28.6. The minimum atomic E-state index is -0.230. The van der Waals surface area contributed by atoms with E-state index in [0.29, 0.717) is 70.5 Å². The first-order valence-electron chi connectivity index (χ1n) is 21.0. The highest BCUT2D eigenvalue weighted by Crippen LogP contribution is 2.33. The Bertz CT molecular complexity index is 2540. The molecule has 3 atom stereocenters. The van der Waals surface area contributed by atoms with E-state index in [-0.39, 0.29) is 42.0 Å². The number of ether oxygens (including phenoxy) is 2. The van der Waals surface area contributed by atoms with Gasteiger partial charge in [0.2, 0.25) is 0 Å². The van der Waals surface area contributed by atoms with E-state index in [0.717, 1.165) is 75.8 Å². The molecule has 6 aromatic rings. The van der Waals surface area contributed by atoms with Gasteiger partial charge >= 0.3 is 0 Å². The molecule has 18 heteroatoms. The van der Waals surface area contributed by atoms with Gasteiger partial charge in [-0.3, -0.25) is 9.59 Å². The summed E-state index contributed by atoms with van der Waals surface area (Å²) in [7, 11) is 1.80. The molecule has 2 amide bonds. The van der Waals surface area contributed by atoms with Crippen LogP contribution in [-0.2, 0) is 9.47 Å². The average Bonchev–Trinajstić information content (AvgIpc) is 4.19. The molecule has 3 unspecified atom stereocenters. The van der Waals surface area contributed by atoms with Crippen molar-refractivity contribution in [1.29, 1.82) is 0 Å². The van der Waals surface area contributed by atoms with Gasteiger partial charge in [-0.25, -0.2) is 19.9 Å². The summed E-state index contributed by atoms with van der Waals surface area (Å²) < 4.78 is 15.6. The van der Waals surface area contributed by atoms with E-state index in [2.05, 4.69) is 42.1 Å². The lowest BCUT2D eigenvalue weighted by molar-refractivity contribution is -0.00987.